The van der Waals surface area contributed by atoms with Crippen molar-refractivity contribution >= 4 is 27.9 Å². The lowest BCUT2D eigenvalue weighted by Crippen LogP contribution is -2.25. The minimum Gasteiger partial charge on any atom is -0.361 e. The first-order valence-corrected chi connectivity index (χ1v) is 9.91. The molecule has 8 heteroatoms. The first-order chi connectivity index (χ1) is 15.0. The quantitative estimate of drug-likeness (QED) is 0.454. The number of aryl methyl sites for hydroxylation is 2. The van der Waals surface area contributed by atoms with Gasteiger partial charge in [-0.15, -0.1) is 0 Å². The number of nitrogens with zero attached hydrogens (tertiary/aromatic N) is 7. The van der Waals surface area contributed by atoms with E-state index in [2.05, 4.69) is 15.0 Å². The highest BCUT2D eigenvalue weighted by atomic mass is 16.1. The molecule has 0 N–H and O–H groups in total. The van der Waals surface area contributed by atoms with Crippen LogP contribution in [0.3, 0.4) is 0 Å². The number of hydrogen-bond donors (Lipinski definition) is 0. The molecule has 31 heavy (non-hydrogen) atoms. The molecule has 0 aliphatic heterocycles. The van der Waals surface area contributed by atoms with Crippen molar-refractivity contribution in [3.05, 3.63) is 76.6 Å². The fraction of sp³-hybridized carbons (Fsp3) is 0.174. The summed E-state index contributed by atoms with van der Waals surface area (Å²) in [7, 11) is 3.81. The van der Waals surface area contributed by atoms with E-state index >= 15 is 0 Å². The van der Waals surface area contributed by atoms with Crippen molar-refractivity contribution in [3.8, 4) is 11.6 Å². The van der Waals surface area contributed by atoms with Gasteiger partial charge in [-0.25, -0.2) is 24.5 Å². The summed E-state index contributed by atoms with van der Waals surface area (Å²) in [5.74, 6) is 1.13. The molecule has 0 saturated heterocycles. The van der Waals surface area contributed by atoms with E-state index in [0.29, 0.717) is 33.8 Å². The van der Waals surface area contributed by atoms with Gasteiger partial charge in [-0.2, -0.15) is 0 Å². The van der Waals surface area contributed by atoms with Crippen LogP contribution < -0.4 is 10.5 Å². The van der Waals surface area contributed by atoms with Crippen LogP contribution >= 0.6 is 0 Å². The molecule has 0 saturated carbocycles. The second-order valence-corrected chi connectivity index (χ2v) is 7.69. The topological polar surface area (TPSA) is 81.7 Å². The molecule has 0 atom stereocenters. The van der Waals surface area contributed by atoms with Gasteiger partial charge >= 0.3 is 0 Å². The summed E-state index contributed by atoms with van der Waals surface area (Å²) in [5, 5.41) is 0.600. The Bertz CT molecular complexity index is 1510. The van der Waals surface area contributed by atoms with Crippen LogP contribution in [0.15, 0.2) is 59.9 Å². The third kappa shape index (κ3) is 2.87. The number of fused-ring (bicyclic) bond motifs is 2. The Kier molecular flexibility index (Phi) is 4.28. The normalized spacial score (nSPS) is 11.4. The molecular formula is C23H21N7O. The Morgan fingerprint density at radius 2 is 1.68 bits per heavy atom. The summed E-state index contributed by atoms with van der Waals surface area (Å²) < 4.78 is 3.39. The first-order valence-electron chi connectivity index (χ1n) is 9.91. The van der Waals surface area contributed by atoms with Gasteiger partial charge in [0.15, 0.2) is 17.0 Å². The van der Waals surface area contributed by atoms with Gasteiger partial charge in [0.25, 0.3) is 5.56 Å². The fourth-order valence-electron chi connectivity index (χ4n) is 3.87. The molecule has 5 aromatic rings. The van der Waals surface area contributed by atoms with Gasteiger partial charge in [0.2, 0.25) is 5.95 Å². The van der Waals surface area contributed by atoms with Crippen molar-refractivity contribution < 1.29 is 0 Å². The third-order valence-electron chi connectivity index (χ3n) is 5.40. The summed E-state index contributed by atoms with van der Waals surface area (Å²) in [5.41, 5.74) is 4.35. The molecule has 0 bridgehead atoms. The Morgan fingerprint density at radius 3 is 2.45 bits per heavy atom. The molecule has 0 amide bonds. The molecule has 0 radical (unpaired) electrons. The lowest BCUT2D eigenvalue weighted by Gasteiger charge is -2.17. The molecule has 8 nitrogen and oxygen atoms in total. The maximum absolute atomic E-state index is 13.8. The van der Waals surface area contributed by atoms with Crippen LogP contribution in [0.2, 0.25) is 0 Å². The summed E-state index contributed by atoms with van der Waals surface area (Å²) in [6.07, 6.45) is 3.14. The molecule has 0 aliphatic rings. The Balaban J connectivity index is 1.94. The molecule has 2 aromatic carbocycles. The lowest BCUT2D eigenvalue weighted by molar-refractivity contribution is 0.844. The minimum absolute atomic E-state index is 0.129. The van der Waals surface area contributed by atoms with Crippen LogP contribution in [-0.2, 0) is 0 Å². The van der Waals surface area contributed by atoms with Gasteiger partial charge in [0.1, 0.15) is 12.7 Å². The first kappa shape index (κ1) is 18.9. The van der Waals surface area contributed by atoms with E-state index in [1.54, 1.807) is 15.5 Å². The molecule has 0 fully saturated rings. The van der Waals surface area contributed by atoms with E-state index < -0.39 is 0 Å². The van der Waals surface area contributed by atoms with E-state index in [-0.39, 0.29) is 5.56 Å². The van der Waals surface area contributed by atoms with E-state index in [1.807, 2.05) is 75.3 Å². The largest absolute Gasteiger partial charge is 0.361 e. The summed E-state index contributed by atoms with van der Waals surface area (Å²) in [6, 6.07) is 13.5. The molecular weight excluding hydrogens is 390 g/mol. The third-order valence-corrected chi connectivity index (χ3v) is 5.40. The number of rotatable bonds is 3. The average Bonchev–Trinajstić information content (AvgIpc) is 3.18. The minimum atomic E-state index is -0.129. The van der Waals surface area contributed by atoms with Crippen LogP contribution in [0.25, 0.3) is 33.7 Å². The van der Waals surface area contributed by atoms with Crippen LogP contribution in [-0.4, -0.2) is 43.2 Å². The molecule has 0 aliphatic carbocycles. The zero-order chi connectivity index (χ0) is 21.7. The highest BCUT2D eigenvalue weighted by molar-refractivity contribution is 5.85. The predicted molar refractivity (Wildman–Crippen MR) is 121 cm³/mol. The molecule has 3 heterocycles. The van der Waals surface area contributed by atoms with Crippen molar-refractivity contribution in [2.75, 3.05) is 19.0 Å². The number of para-hydroxylation sites is 1. The number of aromatic nitrogens is 6. The number of imidazole rings is 1. The SMILES string of the molecule is Cc1ccccc1-n1c(-n2cnc3c(N(C)C)ncnc32)nc2cccc(C)c2c1=O. The average molecular weight is 411 g/mol. The summed E-state index contributed by atoms with van der Waals surface area (Å²) >= 11 is 0. The highest BCUT2D eigenvalue weighted by Crippen LogP contribution is 2.25. The van der Waals surface area contributed by atoms with Gasteiger partial charge in [-0.05, 0) is 37.1 Å². The van der Waals surface area contributed by atoms with E-state index in [0.717, 1.165) is 16.8 Å². The highest BCUT2D eigenvalue weighted by Gasteiger charge is 2.20. The van der Waals surface area contributed by atoms with Crippen molar-refractivity contribution in [2.24, 2.45) is 0 Å². The maximum Gasteiger partial charge on any atom is 0.267 e. The fourth-order valence-corrected chi connectivity index (χ4v) is 3.87. The van der Waals surface area contributed by atoms with Gasteiger partial charge < -0.3 is 4.90 Å². The van der Waals surface area contributed by atoms with Crippen molar-refractivity contribution in [3.63, 3.8) is 0 Å². The monoisotopic (exact) mass is 411 g/mol. The van der Waals surface area contributed by atoms with E-state index in [9.17, 15) is 4.79 Å². The molecule has 3 aromatic heterocycles. The van der Waals surface area contributed by atoms with Gasteiger partial charge in [0.05, 0.1) is 16.6 Å². The van der Waals surface area contributed by atoms with Crippen LogP contribution in [0.5, 0.6) is 0 Å². The summed E-state index contributed by atoms with van der Waals surface area (Å²) in [4.78, 5) is 33.9. The maximum atomic E-state index is 13.8. The van der Waals surface area contributed by atoms with Gasteiger partial charge in [-0.1, -0.05) is 30.3 Å². The molecule has 154 valence electrons. The summed E-state index contributed by atoms with van der Waals surface area (Å²) in [6.45, 7) is 3.91. The zero-order valence-corrected chi connectivity index (χ0v) is 17.7. The Morgan fingerprint density at radius 1 is 0.903 bits per heavy atom. The van der Waals surface area contributed by atoms with E-state index in [1.165, 1.54) is 6.33 Å². The number of anilines is 1. The Labute approximate surface area is 178 Å². The van der Waals surface area contributed by atoms with Crippen molar-refractivity contribution in [1.29, 1.82) is 0 Å². The van der Waals surface area contributed by atoms with Crippen molar-refractivity contribution in [2.45, 2.75) is 13.8 Å². The van der Waals surface area contributed by atoms with Crippen LogP contribution in [0.4, 0.5) is 5.82 Å². The zero-order valence-electron chi connectivity index (χ0n) is 17.7. The number of benzene rings is 2. The molecule has 0 unspecified atom stereocenters. The van der Waals surface area contributed by atoms with Gasteiger partial charge in [0, 0.05) is 14.1 Å². The standard InChI is InChI=1S/C23H21N7O/c1-14-8-5-6-11-17(14)30-22(31)18-15(2)9-7-10-16(18)27-23(30)29-13-26-19-20(28(3)4)24-12-25-21(19)29/h5-13H,1-4H3. The van der Waals surface area contributed by atoms with Crippen molar-refractivity contribution in [1.82, 2.24) is 29.1 Å². The second kappa shape index (κ2) is 7.02. The smallest absolute Gasteiger partial charge is 0.267 e. The van der Waals surface area contributed by atoms with Crippen LogP contribution in [0, 0.1) is 13.8 Å². The van der Waals surface area contributed by atoms with E-state index in [4.69, 9.17) is 4.98 Å². The van der Waals surface area contributed by atoms with Gasteiger partial charge in [-0.3, -0.25) is 9.36 Å². The second-order valence-electron chi connectivity index (χ2n) is 7.69. The number of hydrogen-bond acceptors (Lipinski definition) is 6. The molecule has 5 rings (SSSR count). The molecule has 0 spiro atoms. The predicted octanol–water partition coefficient (Wildman–Crippen LogP) is 3.20. The Hall–Kier alpha value is -4.07. The van der Waals surface area contributed by atoms with Crippen LogP contribution in [0.1, 0.15) is 11.1 Å². The lowest BCUT2D eigenvalue weighted by atomic mass is 10.1.